The fraction of sp³-hybridized carbons (Fsp3) is 0.107. The number of anilines is 1. The van der Waals surface area contributed by atoms with Crippen LogP contribution in [0, 0.1) is 28.4 Å². The van der Waals surface area contributed by atoms with Gasteiger partial charge in [-0.1, -0.05) is 78.0 Å². The number of benzene rings is 3. The minimum absolute atomic E-state index is 0.111. The number of carbonyl (C=O) groups excluding carboxylic acids is 1. The van der Waals surface area contributed by atoms with Gasteiger partial charge in [-0.25, -0.2) is 4.98 Å². The molecule has 0 fully saturated rings. The predicted octanol–water partition coefficient (Wildman–Crippen LogP) is 6.62. The van der Waals surface area contributed by atoms with E-state index in [9.17, 15) is 20.2 Å². The number of amides is 1. The van der Waals surface area contributed by atoms with E-state index in [0.717, 1.165) is 22.3 Å². The highest BCUT2D eigenvalue weighted by Gasteiger charge is 2.22. The summed E-state index contributed by atoms with van der Waals surface area (Å²) in [5.41, 5.74) is 4.93. The van der Waals surface area contributed by atoms with E-state index in [0.29, 0.717) is 22.0 Å². The molecule has 0 saturated carbocycles. The first kappa shape index (κ1) is 24.6. The van der Waals surface area contributed by atoms with Crippen molar-refractivity contribution in [2.75, 3.05) is 5.32 Å². The number of nitro benzene ring substituents is 1. The van der Waals surface area contributed by atoms with E-state index in [-0.39, 0.29) is 11.6 Å². The number of nitrogens with zero attached hydrogens (tertiary/aromatic N) is 3. The molecule has 0 bridgehead atoms. The molecular weight excluding hydrogens is 472 g/mol. The molecule has 0 aliphatic heterocycles. The maximum atomic E-state index is 12.9. The van der Waals surface area contributed by atoms with E-state index in [1.54, 1.807) is 13.0 Å². The van der Waals surface area contributed by atoms with Crippen LogP contribution >= 0.6 is 11.8 Å². The van der Waals surface area contributed by atoms with E-state index in [1.165, 1.54) is 30.0 Å². The average Bonchev–Trinajstić information content (AvgIpc) is 2.89. The molecule has 1 atom stereocenters. The second-order valence-corrected chi connectivity index (χ2v) is 9.47. The highest BCUT2D eigenvalue weighted by Crippen LogP contribution is 2.36. The maximum absolute atomic E-state index is 12.9. The molecule has 7 nitrogen and oxygen atoms in total. The van der Waals surface area contributed by atoms with Gasteiger partial charge in [0.2, 0.25) is 5.91 Å². The first-order chi connectivity index (χ1) is 17.4. The molecule has 0 unspecified atom stereocenters. The summed E-state index contributed by atoms with van der Waals surface area (Å²) < 4.78 is 0. The van der Waals surface area contributed by atoms with Crippen LogP contribution in [0.5, 0.6) is 0 Å². The van der Waals surface area contributed by atoms with E-state index >= 15 is 0 Å². The Balaban J connectivity index is 1.70. The number of hydrogen-bond acceptors (Lipinski definition) is 6. The molecule has 36 heavy (non-hydrogen) atoms. The third-order valence-corrected chi connectivity index (χ3v) is 6.60. The molecule has 0 radical (unpaired) electrons. The topological polar surface area (TPSA) is 109 Å². The molecule has 0 saturated heterocycles. The second-order valence-electron chi connectivity index (χ2n) is 8.14. The Morgan fingerprint density at radius 2 is 1.75 bits per heavy atom. The van der Waals surface area contributed by atoms with Gasteiger partial charge in [0, 0.05) is 28.9 Å². The predicted molar refractivity (Wildman–Crippen MR) is 142 cm³/mol. The molecule has 3 aromatic carbocycles. The van der Waals surface area contributed by atoms with Crippen LogP contribution in [0.25, 0.3) is 22.4 Å². The van der Waals surface area contributed by atoms with Gasteiger partial charge in [-0.2, -0.15) is 5.26 Å². The first-order valence-electron chi connectivity index (χ1n) is 11.2. The SMILES string of the molecule is Cc1ccc(-c2cc(-c3ccccc3)c(C#N)c(S[C@H](C)C(=O)Nc3cccc([N+](=O)[O-])c3)n2)cc1. The van der Waals surface area contributed by atoms with Gasteiger partial charge in [0.05, 0.1) is 21.4 Å². The van der Waals surface area contributed by atoms with Crippen LogP contribution < -0.4 is 5.32 Å². The first-order valence-corrected chi connectivity index (χ1v) is 12.0. The number of aryl methyl sites for hydroxylation is 1. The number of nitro groups is 1. The Labute approximate surface area is 213 Å². The van der Waals surface area contributed by atoms with E-state index in [2.05, 4.69) is 11.4 Å². The van der Waals surface area contributed by atoms with Crippen molar-refractivity contribution in [3.05, 3.63) is 106 Å². The minimum atomic E-state index is -0.624. The molecule has 4 rings (SSSR count). The number of nitrogens with one attached hydrogen (secondary N) is 1. The molecule has 4 aromatic rings. The van der Waals surface area contributed by atoms with Gasteiger partial charge in [0.25, 0.3) is 5.69 Å². The molecule has 0 aliphatic rings. The Morgan fingerprint density at radius 1 is 1.03 bits per heavy atom. The van der Waals surface area contributed by atoms with Crippen molar-refractivity contribution in [3.8, 4) is 28.5 Å². The van der Waals surface area contributed by atoms with Crippen LogP contribution in [-0.2, 0) is 4.79 Å². The third kappa shape index (κ3) is 5.59. The van der Waals surface area contributed by atoms with Gasteiger partial charge < -0.3 is 5.32 Å². The summed E-state index contributed by atoms with van der Waals surface area (Å²) in [6.07, 6.45) is 0. The number of hydrogen-bond donors (Lipinski definition) is 1. The molecule has 8 heteroatoms. The lowest BCUT2D eigenvalue weighted by Gasteiger charge is -2.16. The number of rotatable bonds is 7. The highest BCUT2D eigenvalue weighted by atomic mass is 32.2. The van der Waals surface area contributed by atoms with E-state index < -0.39 is 10.2 Å². The van der Waals surface area contributed by atoms with Gasteiger partial charge >= 0.3 is 0 Å². The van der Waals surface area contributed by atoms with Crippen LogP contribution in [0.15, 0.2) is 90.0 Å². The number of aromatic nitrogens is 1. The van der Waals surface area contributed by atoms with Crippen molar-refractivity contribution in [1.82, 2.24) is 4.98 Å². The lowest BCUT2D eigenvalue weighted by atomic mass is 9.99. The Morgan fingerprint density at radius 3 is 2.42 bits per heavy atom. The van der Waals surface area contributed by atoms with Crippen LogP contribution in [0.2, 0.25) is 0 Å². The van der Waals surface area contributed by atoms with Crippen molar-refractivity contribution >= 4 is 29.0 Å². The summed E-state index contributed by atoms with van der Waals surface area (Å²) in [5.74, 6) is -0.354. The molecule has 1 N–H and O–H groups in total. The van der Waals surface area contributed by atoms with Gasteiger partial charge in [0.1, 0.15) is 11.1 Å². The van der Waals surface area contributed by atoms with E-state index in [1.807, 2.05) is 67.6 Å². The lowest BCUT2D eigenvalue weighted by Crippen LogP contribution is -2.22. The Bertz CT molecular complexity index is 1460. The monoisotopic (exact) mass is 494 g/mol. The Kier molecular flexibility index (Phi) is 7.42. The Hall–Kier alpha value is -4.48. The average molecular weight is 495 g/mol. The number of carbonyl (C=O) groups is 1. The molecule has 178 valence electrons. The minimum Gasteiger partial charge on any atom is -0.325 e. The quantitative estimate of drug-likeness (QED) is 0.176. The van der Waals surface area contributed by atoms with Crippen LogP contribution in [0.3, 0.4) is 0 Å². The number of thioether (sulfide) groups is 1. The molecule has 1 heterocycles. The standard InChI is InChI=1S/C28H22N4O3S/c1-18-11-13-21(14-12-18)26-16-24(20-7-4-3-5-8-20)25(17-29)28(31-26)36-19(2)27(33)30-22-9-6-10-23(15-22)32(34)35/h3-16,19H,1-2H3,(H,30,33)/t19-/m1/s1. The summed E-state index contributed by atoms with van der Waals surface area (Å²) >= 11 is 1.17. The van der Waals surface area contributed by atoms with Crippen LogP contribution in [-0.4, -0.2) is 21.1 Å². The smallest absolute Gasteiger partial charge is 0.271 e. The lowest BCUT2D eigenvalue weighted by molar-refractivity contribution is -0.384. The zero-order chi connectivity index (χ0) is 25.7. The summed E-state index contributed by atoms with van der Waals surface area (Å²) in [6, 6.07) is 27.5. The van der Waals surface area contributed by atoms with E-state index in [4.69, 9.17) is 4.98 Å². The van der Waals surface area contributed by atoms with Crippen LogP contribution in [0.4, 0.5) is 11.4 Å². The number of non-ortho nitro benzene ring substituents is 1. The largest absolute Gasteiger partial charge is 0.325 e. The molecule has 1 amide bonds. The maximum Gasteiger partial charge on any atom is 0.271 e. The summed E-state index contributed by atoms with van der Waals surface area (Å²) in [5, 5.41) is 23.6. The zero-order valence-electron chi connectivity index (χ0n) is 19.6. The molecule has 1 aromatic heterocycles. The van der Waals surface area contributed by atoms with Gasteiger partial charge in [-0.3, -0.25) is 14.9 Å². The fourth-order valence-corrected chi connectivity index (χ4v) is 4.52. The fourth-order valence-electron chi connectivity index (χ4n) is 3.59. The van der Waals surface area contributed by atoms with Crippen LogP contribution in [0.1, 0.15) is 18.1 Å². The normalized spacial score (nSPS) is 11.4. The van der Waals surface area contributed by atoms with Crippen molar-refractivity contribution < 1.29 is 9.72 Å². The third-order valence-electron chi connectivity index (χ3n) is 5.51. The number of nitriles is 1. The van der Waals surface area contributed by atoms with Gasteiger partial charge in [0.15, 0.2) is 0 Å². The summed E-state index contributed by atoms with van der Waals surface area (Å²) in [6.45, 7) is 3.72. The zero-order valence-corrected chi connectivity index (χ0v) is 20.5. The summed E-state index contributed by atoms with van der Waals surface area (Å²) in [4.78, 5) is 28.2. The summed E-state index contributed by atoms with van der Waals surface area (Å²) in [7, 11) is 0. The molecular formula is C28H22N4O3S. The molecule has 0 aliphatic carbocycles. The molecule has 0 spiro atoms. The number of pyridine rings is 1. The van der Waals surface area contributed by atoms with Crippen molar-refractivity contribution in [2.45, 2.75) is 24.1 Å². The van der Waals surface area contributed by atoms with Crippen molar-refractivity contribution in [2.24, 2.45) is 0 Å². The second kappa shape index (κ2) is 10.8. The van der Waals surface area contributed by atoms with Gasteiger partial charge in [-0.15, -0.1) is 0 Å². The highest BCUT2D eigenvalue weighted by molar-refractivity contribution is 8.00. The van der Waals surface area contributed by atoms with Crippen molar-refractivity contribution in [3.63, 3.8) is 0 Å². The van der Waals surface area contributed by atoms with Crippen molar-refractivity contribution in [1.29, 1.82) is 5.26 Å². The van der Waals surface area contributed by atoms with Gasteiger partial charge in [-0.05, 0) is 31.5 Å².